The van der Waals surface area contributed by atoms with Gasteiger partial charge in [0.05, 0.1) is 5.60 Å². The van der Waals surface area contributed by atoms with Crippen LogP contribution in [0.3, 0.4) is 0 Å². The Kier molecular flexibility index (Phi) is 3.43. The summed E-state index contributed by atoms with van der Waals surface area (Å²) in [6.07, 6.45) is 5.85. The van der Waals surface area contributed by atoms with Crippen molar-refractivity contribution in [2.75, 3.05) is 0 Å². The van der Waals surface area contributed by atoms with Crippen LogP contribution < -0.4 is 0 Å². The molecule has 0 saturated heterocycles. The normalized spacial score (nSPS) is 11.6. The molecule has 1 N–H and O–H groups in total. The summed E-state index contributed by atoms with van der Waals surface area (Å²) in [6.45, 7) is 4.04. The quantitative estimate of drug-likeness (QED) is 0.768. The summed E-state index contributed by atoms with van der Waals surface area (Å²) >= 11 is 0. The molecule has 0 aliphatic heterocycles. The van der Waals surface area contributed by atoms with Crippen LogP contribution in [-0.2, 0) is 6.42 Å². The molecule has 0 fully saturated rings. The van der Waals surface area contributed by atoms with Crippen LogP contribution in [0.1, 0.15) is 32.3 Å². The predicted octanol–water partition coefficient (Wildman–Crippen LogP) is 2.18. The van der Waals surface area contributed by atoms with E-state index in [2.05, 4.69) is 4.98 Å². The fourth-order valence-electron chi connectivity index (χ4n) is 1.38. The minimum atomic E-state index is -0.540. The van der Waals surface area contributed by atoms with E-state index in [1.54, 1.807) is 12.4 Å². The topological polar surface area (TPSA) is 33.1 Å². The molecule has 1 rings (SSSR count). The van der Waals surface area contributed by atoms with Gasteiger partial charge in [0.2, 0.25) is 0 Å². The van der Waals surface area contributed by atoms with Crippen molar-refractivity contribution in [1.29, 1.82) is 0 Å². The van der Waals surface area contributed by atoms with Crippen LogP contribution in [0, 0.1) is 0 Å². The predicted molar refractivity (Wildman–Crippen MR) is 53.5 cm³/mol. The largest absolute Gasteiger partial charge is 0.390 e. The molecule has 0 unspecified atom stereocenters. The van der Waals surface area contributed by atoms with Crippen molar-refractivity contribution < 1.29 is 5.11 Å². The lowest BCUT2D eigenvalue weighted by atomic mass is 9.90. The zero-order valence-electron chi connectivity index (χ0n) is 8.33. The summed E-state index contributed by atoms with van der Waals surface area (Å²) in [6, 6.07) is 3.91. The summed E-state index contributed by atoms with van der Waals surface area (Å²) in [7, 11) is 0. The molecular formula is C11H17NO. The Balaban J connectivity index is 2.68. The van der Waals surface area contributed by atoms with Gasteiger partial charge >= 0.3 is 0 Å². The molecule has 0 spiro atoms. The number of pyridine rings is 1. The Morgan fingerprint density at radius 3 is 2.23 bits per heavy atom. The number of aromatic nitrogens is 1. The number of nitrogens with zero attached hydrogens (tertiary/aromatic N) is 1. The van der Waals surface area contributed by atoms with Gasteiger partial charge < -0.3 is 5.11 Å². The SMILES string of the molecule is CCC(O)(CC)Cc1ccncc1. The summed E-state index contributed by atoms with van der Waals surface area (Å²) in [4.78, 5) is 3.95. The van der Waals surface area contributed by atoms with E-state index in [-0.39, 0.29) is 0 Å². The minimum absolute atomic E-state index is 0.540. The molecule has 0 radical (unpaired) electrons. The molecule has 0 amide bonds. The number of rotatable bonds is 4. The highest BCUT2D eigenvalue weighted by Gasteiger charge is 2.21. The van der Waals surface area contributed by atoms with Crippen molar-refractivity contribution in [3.8, 4) is 0 Å². The van der Waals surface area contributed by atoms with Crippen LogP contribution in [0.4, 0.5) is 0 Å². The maximum atomic E-state index is 10.1. The van der Waals surface area contributed by atoms with Crippen LogP contribution in [0.15, 0.2) is 24.5 Å². The van der Waals surface area contributed by atoms with E-state index in [4.69, 9.17) is 0 Å². The molecule has 1 heterocycles. The van der Waals surface area contributed by atoms with Gasteiger partial charge in [-0.3, -0.25) is 4.98 Å². The average Bonchev–Trinajstić information content (AvgIpc) is 2.19. The first-order chi connectivity index (χ1) is 6.20. The molecule has 1 aromatic rings. The third kappa shape index (κ3) is 2.81. The first-order valence-electron chi connectivity index (χ1n) is 4.81. The van der Waals surface area contributed by atoms with E-state index in [0.29, 0.717) is 0 Å². The van der Waals surface area contributed by atoms with Gasteiger partial charge in [-0.05, 0) is 30.5 Å². The van der Waals surface area contributed by atoms with E-state index < -0.39 is 5.60 Å². The molecule has 2 nitrogen and oxygen atoms in total. The van der Waals surface area contributed by atoms with Crippen molar-refractivity contribution in [3.05, 3.63) is 30.1 Å². The van der Waals surface area contributed by atoms with Crippen LogP contribution >= 0.6 is 0 Å². The maximum Gasteiger partial charge on any atom is 0.0682 e. The Bertz CT molecular complexity index is 242. The molecule has 2 heteroatoms. The Hall–Kier alpha value is -0.890. The minimum Gasteiger partial charge on any atom is -0.390 e. The van der Waals surface area contributed by atoms with Gasteiger partial charge in [0, 0.05) is 18.8 Å². The Morgan fingerprint density at radius 2 is 1.77 bits per heavy atom. The number of aliphatic hydroxyl groups is 1. The fraction of sp³-hybridized carbons (Fsp3) is 0.545. The summed E-state index contributed by atoms with van der Waals surface area (Å²) < 4.78 is 0. The van der Waals surface area contributed by atoms with Gasteiger partial charge in [-0.1, -0.05) is 13.8 Å². The van der Waals surface area contributed by atoms with Gasteiger partial charge in [-0.2, -0.15) is 0 Å². The molecule has 13 heavy (non-hydrogen) atoms. The van der Waals surface area contributed by atoms with Crippen LogP contribution in [0.5, 0.6) is 0 Å². The van der Waals surface area contributed by atoms with Crippen LogP contribution in [-0.4, -0.2) is 15.7 Å². The smallest absolute Gasteiger partial charge is 0.0682 e. The standard InChI is InChI=1S/C11H17NO/c1-3-11(13,4-2)9-10-5-7-12-8-6-10/h5-8,13H,3-4,9H2,1-2H3. The highest BCUT2D eigenvalue weighted by Crippen LogP contribution is 2.20. The van der Waals surface area contributed by atoms with E-state index in [1.165, 1.54) is 0 Å². The second-order valence-corrected chi connectivity index (χ2v) is 3.46. The van der Waals surface area contributed by atoms with E-state index in [1.807, 2.05) is 26.0 Å². The lowest BCUT2D eigenvalue weighted by Gasteiger charge is -2.24. The third-order valence-corrected chi connectivity index (χ3v) is 2.60. The van der Waals surface area contributed by atoms with E-state index in [0.717, 1.165) is 24.8 Å². The molecule has 72 valence electrons. The van der Waals surface area contributed by atoms with Gasteiger partial charge in [-0.25, -0.2) is 0 Å². The Labute approximate surface area is 79.6 Å². The second-order valence-electron chi connectivity index (χ2n) is 3.46. The lowest BCUT2D eigenvalue weighted by Crippen LogP contribution is -2.29. The fourth-order valence-corrected chi connectivity index (χ4v) is 1.38. The van der Waals surface area contributed by atoms with Crippen molar-refractivity contribution in [3.63, 3.8) is 0 Å². The molecule has 0 aromatic carbocycles. The molecule has 0 atom stereocenters. The number of hydrogen-bond donors (Lipinski definition) is 1. The van der Waals surface area contributed by atoms with Crippen LogP contribution in [0.25, 0.3) is 0 Å². The van der Waals surface area contributed by atoms with Crippen molar-refractivity contribution in [2.24, 2.45) is 0 Å². The summed E-state index contributed by atoms with van der Waals surface area (Å²) in [5.41, 5.74) is 0.614. The maximum absolute atomic E-state index is 10.1. The average molecular weight is 179 g/mol. The third-order valence-electron chi connectivity index (χ3n) is 2.60. The molecule has 1 aromatic heterocycles. The molecule has 0 saturated carbocycles. The molecule has 0 bridgehead atoms. The van der Waals surface area contributed by atoms with E-state index in [9.17, 15) is 5.11 Å². The number of hydrogen-bond acceptors (Lipinski definition) is 2. The molecule has 0 aliphatic carbocycles. The highest BCUT2D eigenvalue weighted by molar-refractivity contribution is 5.12. The van der Waals surface area contributed by atoms with Gasteiger partial charge in [-0.15, -0.1) is 0 Å². The zero-order valence-corrected chi connectivity index (χ0v) is 8.33. The van der Waals surface area contributed by atoms with Gasteiger partial charge in [0.1, 0.15) is 0 Å². The first-order valence-corrected chi connectivity index (χ1v) is 4.81. The van der Waals surface area contributed by atoms with Gasteiger partial charge in [0.15, 0.2) is 0 Å². The van der Waals surface area contributed by atoms with Gasteiger partial charge in [0.25, 0.3) is 0 Å². The molecular weight excluding hydrogens is 162 g/mol. The van der Waals surface area contributed by atoms with Crippen molar-refractivity contribution in [2.45, 2.75) is 38.7 Å². The summed E-state index contributed by atoms with van der Waals surface area (Å²) in [5.74, 6) is 0. The summed E-state index contributed by atoms with van der Waals surface area (Å²) in [5, 5.41) is 10.1. The highest BCUT2D eigenvalue weighted by atomic mass is 16.3. The first kappa shape index (κ1) is 10.2. The second kappa shape index (κ2) is 4.38. The lowest BCUT2D eigenvalue weighted by molar-refractivity contribution is 0.0326. The zero-order chi connectivity index (χ0) is 9.73. The monoisotopic (exact) mass is 179 g/mol. The van der Waals surface area contributed by atoms with Crippen LogP contribution in [0.2, 0.25) is 0 Å². The van der Waals surface area contributed by atoms with E-state index >= 15 is 0 Å². The van der Waals surface area contributed by atoms with Crippen molar-refractivity contribution >= 4 is 0 Å². The molecule has 0 aliphatic rings. The van der Waals surface area contributed by atoms with Crippen molar-refractivity contribution in [1.82, 2.24) is 4.98 Å². The Morgan fingerprint density at radius 1 is 1.23 bits per heavy atom.